The smallest absolute Gasteiger partial charge is 0.0843 e. The monoisotopic (exact) mass is 409 g/mol. The normalized spacial score (nSPS) is 12.8. The number of nitrogens with two attached hydrogens (primary N) is 1. The summed E-state index contributed by atoms with van der Waals surface area (Å²) < 4.78 is 0. The van der Waals surface area contributed by atoms with Crippen LogP contribution in [0.1, 0.15) is 148 Å². The molecule has 174 valence electrons. The Morgan fingerprint density at radius 1 is 0.552 bits per heavy atom. The molecule has 0 saturated heterocycles. The maximum absolute atomic E-state index is 9.32. The lowest BCUT2D eigenvalue weighted by molar-refractivity contribution is 0.231. The van der Waals surface area contributed by atoms with Crippen LogP contribution in [-0.4, -0.2) is 17.8 Å². The van der Waals surface area contributed by atoms with Crippen LogP contribution in [0.4, 0.5) is 0 Å². The third-order valence-electron chi connectivity index (χ3n) is 6.07. The van der Waals surface area contributed by atoms with Crippen LogP contribution in [0.25, 0.3) is 0 Å². The average molecular weight is 410 g/mol. The summed E-state index contributed by atoms with van der Waals surface area (Å²) in [5.41, 5.74) is 5.37. The summed E-state index contributed by atoms with van der Waals surface area (Å²) in [7, 11) is 0. The van der Waals surface area contributed by atoms with E-state index >= 15 is 0 Å². The summed E-state index contributed by atoms with van der Waals surface area (Å²) in [5, 5.41) is 9.32. The Hall–Kier alpha value is -0.340. The van der Waals surface area contributed by atoms with Crippen LogP contribution in [0.2, 0.25) is 0 Å². The van der Waals surface area contributed by atoms with Crippen molar-refractivity contribution in [2.45, 2.75) is 154 Å². The minimum Gasteiger partial charge on any atom is -0.388 e. The van der Waals surface area contributed by atoms with E-state index in [1.807, 2.05) is 6.08 Å². The van der Waals surface area contributed by atoms with Crippen molar-refractivity contribution in [3.8, 4) is 0 Å². The number of unbranched alkanes of at least 4 members (excludes halogenated alkanes) is 21. The van der Waals surface area contributed by atoms with Gasteiger partial charge in [-0.2, -0.15) is 0 Å². The van der Waals surface area contributed by atoms with E-state index in [0.717, 1.165) is 6.42 Å². The van der Waals surface area contributed by atoms with Crippen molar-refractivity contribution < 1.29 is 5.11 Å². The Labute approximate surface area is 184 Å². The third-order valence-corrected chi connectivity index (χ3v) is 6.07. The summed E-state index contributed by atoms with van der Waals surface area (Å²) in [6, 6.07) is 0. The van der Waals surface area contributed by atoms with Crippen LogP contribution < -0.4 is 5.73 Å². The van der Waals surface area contributed by atoms with Crippen molar-refractivity contribution in [2.24, 2.45) is 5.73 Å². The van der Waals surface area contributed by atoms with Crippen LogP contribution in [-0.2, 0) is 0 Å². The van der Waals surface area contributed by atoms with Crippen LogP contribution in [0, 0.1) is 0 Å². The molecule has 2 heteroatoms. The van der Waals surface area contributed by atoms with E-state index in [0.29, 0.717) is 6.54 Å². The number of allylic oxidation sites excluding steroid dienone is 1. The van der Waals surface area contributed by atoms with Gasteiger partial charge in [0.15, 0.2) is 0 Å². The van der Waals surface area contributed by atoms with Gasteiger partial charge in [0.1, 0.15) is 0 Å². The molecule has 0 amide bonds. The SMILES string of the molecule is CCCCCCCCCCCCCCCCCCCCCCCC=CC(O)CN. The molecule has 2 nitrogen and oxygen atoms in total. The predicted octanol–water partition coefficient (Wildman–Crippen LogP) is 8.46. The molecule has 0 aromatic rings. The highest BCUT2D eigenvalue weighted by molar-refractivity contribution is 4.88. The highest BCUT2D eigenvalue weighted by atomic mass is 16.3. The van der Waals surface area contributed by atoms with Crippen molar-refractivity contribution in [3.05, 3.63) is 12.2 Å². The topological polar surface area (TPSA) is 46.2 Å². The molecule has 0 aliphatic heterocycles. The average Bonchev–Trinajstić information content (AvgIpc) is 2.74. The van der Waals surface area contributed by atoms with E-state index in [1.165, 1.54) is 135 Å². The quantitative estimate of drug-likeness (QED) is 0.124. The van der Waals surface area contributed by atoms with E-state index in [-0.39, 0.29) is 0 Å². The molecular formula is C27H55NO. The van der Waals surface area contributed by atoms with E-state index < -0.39 is 6.10 Å². The highest BCUT2D eigenvalue weighted by Gasteiger charge is 1.96. The van der Waals surface area contributed by atoms with Crippen molar-refractivity contribution >= 4 is 0 Å². The number of aliphatic hydroxyl groups is 1. The van der Waals surface area contributed by atoms with Crippen molar-refractivity contribution in [1.29, 1.82) is 0 Å². The van der Waals surface area contributed by atoms with Crippen molar-refractivity contribution in [2.75, 3.05) is 6.54 Å². The van der Waals surface area contributed by atoms with Crippen molar-refractivity contribution in [3.63, 3.8) is 0 Å². The Bertz CT molecular complexity index is 316. The molecule has 29 heavy (non-hydrogen) atoms. The summed E-state index contributed by atoms with van der Waals surface area (Å²) in [4.78, 5) is 0. The first kappa shape index (κ1) is 28.7. The van der Waals surface area contributed by atoms with Gasteiger partial charge in [-0.15, -0.1) is 0 Å². The molecule has 0 spiro atoms. The first-order valence-electron chi connectivity index (χ1n) is 13.4. The number of aliphatic hydroxyl groups excluding tert-OH is 1. The fourth-order valence-electron chi connectivity index (χ4n) is 4.03. The molecule has 0 aliphatic rings. The molecular weight excluding hydrogens is 354 g/mol. The van der Waals surface area contributed by atoms with Gasteiger partial charge in [-0.25, -0.2) is 0 Å². The van der Waals surface area contributed by atoms with Crippen LogP contribution >= 0.6 is 0 Å². The zero-order valence-electron chi connectivity index (χ0n) is 20.0. The van der Waals surface area contributed by atoms with E-state index in [1.54, 1.807) is 0 Å². The molecule has 3 N–H and O–H groups in total. The van der Waals surface area contributed by atoms with Crippen LogP contribution in [0.3, 0.4) is 0 Å². The van der Waals surface area contributed by atoms with Gasteiger partial charge in [-0.3, -0.25) is 0 Å². The fraction of sp³-hybridized carbons (Fsp3) is 0.926. The van der Waals surface area contributed by atoms with Gasteiger partial charge in [-0.1, -0.05) is 147 Å². The Balaban J connectivity index is 3.04. The first-order chi connectivity index (χ1) is 14.3. The Morgan fingerprint density at radius 2 is 0.862 bits per heavy atom. The molecule has 0 aromatic heterocycles. The molecule has 1 atom stereocenters. The second-order valence-electron chi connectivity index (χ2n) is 9.09. The maximum atomic E-state index is 9.32. The second-order valence-corrected chi connectivity index (χ2v) is 9.09. The molecule has 0 saturated carbocycles. The van der Waals surface area contributed by atoms with Gasteiger partial charge in [0.25, 0.3) is 0 Å². The lowest BCUT2D eigenvalue weighted by Gasteiger charge is -2.04. The number of rotatable bonds is 24. The maximum Gasteiger partial charge on any atom is 0.0843 e. The summed E-state index contributed by atoms with van der Waals surface area (Å²) in [5.74, 6) is 0. The summed E-state index contributed by atoms with van der Waals surface area (Å²) >= 11 is 0. The minimum atomic E-state index is -0.454. The number of hydrogen-bond donors (Lipinski definition) is 2. The third kappa shape index (κ3) is 25.6. The zero-order chi connectivity index (χ0) is 21.3. The molecule has 0 fully saturated rings. The molecule has 0 rings (SSSR count). The molecule has 0 bridgehead atoms. The minimum absolute atomic E-state index is 0.329. The predicted molar refractivity (Wildman–Crippen MR) is 131 cm³/mol. The highest BCUT2D eigenvalue weighted by Crippen LogP contribution is 2.15. The number of hydrogen-bond acceptors (Lipinski definition) is 2. The molecule has 1 unspecified atom stereocenters. The van der Waals surface area contributed by atoms with Crippen LogP contribution in [0.5, 0.6) is 0 Å². The Morgan fingerprint density at radius 3 is 1.17 bits per heavy atom. The van der Waals surface area contributed by atoms with Gasteiger partial charge < -0.3 is 10.8 Å². The fourth-order valence-corrected chi connectivity index (χ4v) is 4.03. The van der Waals surface area contributed by atoms with E-state index in [4.69, 9.17) is 5.73 Å². The second kappa shape index (κ2) is 25.7. The van der Waals surface area contributed by atoms with Gasteiger partial charge in [0, 0.05) is 6.54 Å². The van der Waals surface area contributed by atoms with Gasteiger partial charge in [0.2, 0.25) is 0 Å². The van der Waals surface area contributed by atoms with Gasteiger partial charge in [-0.05, 0) is 12.8 Å². The van der Waals surface area contributed by atoms with Crippen LogP contribution in [0.15, 0.2) is 12.2 Å². The molecule has 0 heterocycles. The zero-order valence-corrected chi connectivity index (χ0v) is 20.0. The Kier molecular flexibility index (Phi) is 25.4. The standard InChI is InChI=1S/C27H55NO/c1-2-3-4-5-6-7-8-9-10-11-12-13-14-15-16-17-18-19-20-21-22-23-24-25-27(29)26-28/h24-25,27,29H,2-23,26,28H2,1H3. The van der Waals surface area contributed by atoms with Gasteiger partial charge in [0.05, 0.1) is 6.10 Å². The lowest BCUT2D eigenvalue weighted by atomic mass is 10.0. The molecule has 0 aliphatic carbocycles. The van der Waals surface area contributed by atoms with Gasteiger partial charge >= 0.3 is 0 Å². The molecule has 0 radical (unpaired) electrons. The lowest BCUT2D eigenvalue weighted by Crippen LogP contribution is -2.16. The summed E-state index contributed by atoms with van der Waals surface area (Å²) in [6.07, 6.45) is 34.5. The summed E-state index contributed by atoms with van der Waals surface area (Å²) in [6.45, 7) is 2.62. The van der Waals surface area contributed by atoms with E-state index in [9.17, 15) is 5.11 Å². The van der Waals surface area contributed by atoms with E-state index in [2.05, 4.69) is 13.0 Å². The first-order valence-corrected chi connectivity index (χ1v) is 13.4. The molecule has 0 aromatic carbocycles. The largest absolute Gasteiger partial charge is 0.388 e. The van der Waals surface area contributed by atoms with Crippen molar-refractivity contribution in [1.82, 2.24) is 0 Å².